The van der Waals surface area contributed by atoms with Gasteiger partial charge in [0.1, 0.15) is 12.6 Å². The number of hydrogen-bond acceptors (Lipinski definition) is 5. The van der Waals surface area contributed by atoms with Crippen LogP contribution in [0.5, 0.6) is 0 Å². The Kier molecular flexibility index (Phi) is 7.16. The number of hydrogen-bond donors (Lipinski definition) is 2. The largest absolute Gasteiger partial charge is 0.480 e. The minimum Gasteiger partial charge on any atom is -0.480 e. The molecule has 96 valence electrons. The second-order valence-corrected chi connectivity index (χ2v) is 3.04. The van der Waals surface area contributed by atoms with Crippen molar-refractivity contribution in [3.05, 3.63) is 12.7 Å². The highest BCUT2D eigenvalue weighted by Gasteiger charge is 2.21. The SMILES string of the molecule is C=CCOC(=O)N[C@H](CCC(=O)OC)C(=O)O. The molecular weight excluding hydrogens is 230 g/mol. The Morgan fingerprint density at radius 2 is 2.12 bits per heavy atom. The smallest absolute Gasteiger partial charge is 0.408 e. The molecule has 0 spiro atoms. The van der Waals surface area contributed by atoms with Crippen molar-refractivity contribution in [2.45, 2.75) is 18.9 Å². The third kappa shape index (κ3) is 6.93. The van der Waals surface area contributed by atoms with Crippen LogP contribution in [0.15, 0.2) is 12.7 Å². The van der Waals surface area contributed by atoms with E-state index in [1.807, 2.05) is 0 Å². The minimum atomic E-state index is -1.25. The van der Waals surface area contributed by atoms with E-state index in [0.29, 0.717) is 0 Å². The number of nitrogens with one attached hydrogen (secondary N) is 1. The highest BCUT2D eigenvalue weighted by Crippen LogP contribution is 2.00. The molecule has 0 bridgehead atoms. The Bertz CT molecular complexity index is 301. The number of amides is 1. The zero-order valence-electron chi connectivity index (χ0n) is 9.47. The molecule has 0 aliphatic heterocycles. The fourth-order valence-corrected chi connectivity index (χ4v) is 0.940. The molecule has 17 heavy (non-hydrogen) atoms. The van der Waals surface area contributed by atoms with Crippen LogP contribution in [-0.4, -0.2) is 42.9 Å². The van der Waals surface area contributed by atoms with E-state index >= 15 is 0 Å². The number of methoxy groups -OCH3 is 1. The Balaban J connectivity index is 4.15. The number of rotatable bonds is 7. The van der Waals surface area contributed by atoms with Gasteiger partial charge in [0, 0.05) is 6.42 Å². The van der Waals surface area contributed by atoms with Gasteiger partial charge in [0.2, 0.25) is 0 Å². The van der Waals surface area contributed by atoms with Crippen molar-refractivity contribution < 1.29 is 29.0 Å². The first-order valence-corrected chi connectivity index (χ1v) is 4.85. The highest BCUT2D eigenvalue weighted by molar-refractivity contribution is 5.80. The van der Waals surface area contributed by atoms with E-state index in [4.69, 9.17) is 5.11 Å². The fourth-order valence-electron chi connectivity index (χ4n) is 0.940. The molecule has 0 fully saturated rings. The normalized spacial score (nSPS) is 11.1. The third-order valence-corrected chi connectivity index (χ3v) is 1.79. The van der Waals surface area contributed by atoms with E-state index < -0.39 is 24.1 Å². The van der Waals surface area contributed by atoms with Crippen LogP contribution in [0.25, 0.3) is 0 Å². The first-order chi connectivity index (χ1) is 8.01. The van der Waals surface area contributed by atoms with Gasteiger partial charge >= 0.3 is 18.0 Å². The summed E-state index contributed by atoms with van der Waals surface area (Å²) >= 11 is 0. The minimum absolute atomic E-state index is 0.0187. The number of carboxylic acid groups (broad SMARTS) is 1. The molecule has 0 saturated carbocycles. The van der Waals surface area contributed by atoms with Crippen molar-refractivity contribution in [2.75, 3.05) is 13.7 Å². The average molecular weight is 245 g/mol. The lowest BCUT2D eigenvalue weighted by Crippen LogP contribution is -2.41. The molecule has 7 heteroatoms. The summed E-state index contributed by atoms with van der Waals surface area (Å²) in [5.41, 5.74) is 0. The highest BCUT2D eigenvalue weighted by atomic mass is 16.5. The maximum atomic E-state index is 11.1. The Hall–Kier alpha value is -2.05. The zero-order chi connectivity index (χ0) is 13.3. The molecule has 0 aromatic rings. The second-order valence-electron chi connectivity index (χ2n) is 3.04. The first kappa shape index (κ1) is 14.9. The molecule has 7 nitrogen and oxygen atoms in total. The van der Waals surface area contributed by atoms with E-state index in [1.54, 1.807) is 0 Å². The van der Waals surface area contributed by atoms with Gasteiger partial charge in [0.15, 0.2) is 0 Å². The summed E-state index contributed by atoms with van der Waals surface area (Å²) in [5.74, 6) is -1.79. The van der Waals surface area contributed by atoms with Crippen molar-refractivity contribution in [1.29, 1.82) is 0 Å². The Morgan fingerprint density at radius 1 is 1.47 bits per heavy atom. The van der Waals surface area contributed by atoms with Crippen LogP contribution >= 0.6 is 0 Å². The van der Waals surface area contributed by atoms with Gasteiger partial charge in [-0.15, -0.1) is 0 Å². The zero-order valence-corrected chi connectivity index (χ0v) is 9.47. The van der Waals surface area contributed by atoms with Gasteiger partial charge in [-0.3, -0.25) is 4.79 Å². The Labute approximate surface area is 98.4 Å². The summed E-state index contributed by atoms with van der Waals surface area (Å²) in [4.78, 5) is 32.7. The second kappa shape index (κ2) is 8.14. The molecule has 0 aliphatic rings. The van der Waals surface area contributed by atoms with Crippen LogP contribution in [-0.2, 0) is 19.1 Å². The molecule has 1 amide bonds. The average Bonchev–Trinajstić information content (AvgIpc) is 2.30. The number of carbonyl (C=O) groups is 3. The lowest BCUT2D eigenvalue weighted by atomic mass is 10.1. The molecule has 0 aliphatic carbocycles. The van der Waals surface area contributed by atoms with Gasteiger partial charge < -0.3 is 19.9 Å². The quantitative estimate of drug-likeness (QED) is 0.494. The predicted octanol–water partition coefficient (Wildman–Crippen LogP) is 0.305. The number of esters is 1. The van der Waals surface area contributed by atoms with Gasteiger partial charge in [-0.1, -0.05) is 12.7 Å². The van der Waals surface area contributed by atoms with Crippen LogP contribution in [0.4, 0.5) is 4.79 Å². The number of carbonyl (C=O) groups excluding carboxylic acids is 2. The number of aliphatic carboxylic acids is 1. The number of ether oxygens (including phenoxy) is 2. The molecule has 1 atom stereocenters. The van der Waals surface area contributed by atoms with E-state index in [1.165, 1.54) is 13.2 Å². The summed E-state index contributed by atoms with van der Waals surface area (Å²) in [6.07, 6.45) is 0.312. The van der Waals surface area contributed by atoms with Crippen molar-refractivity contribution >= 4 is 18.0 Å². The molecule has 0 heterocycles. The lowest BCUT2D eigenvalue weighted by molar-refractivity contribution is -0.142. The van der Waals surface area contributed by atoms with Crippen LogP contribution in [0.1, 0.15) is 12.8 Å². The molecule has 0 saturated heterocycles. The molecule has 0 aromatic heterocycles. The summed E-state index contributed by atoms with van der Waals surface area (Å²) in [6, 6.07) is -1.19. The lowest BCUT2D eigenvalue weighted by Gasteiger charge is -2.13. The molecule has 0 radical (unpaired) electrons. The van der Waals surface area contributed by atoms with Crippen molar-refractivity contribution in [1.82, 2.24) is 5.32 Å². The molecule has 0 aromatic carbocycles. The van der Waals surface area contributed by atoms with Gasteiger partial charge in [0.25, 0.3) is 0 Å². The summed E-state index contributed by atoms with van der Waals surface area (Å²) in [5, 5.41) is 10.9. The number of carboxylic acids is 1. The van der Waals surface area contributed by atoms with Crippen molar-refractivity contribution in [3.63, 3.8) is 0 Å². The van der Waals surface area contributed by atoms with Crippen LogP contribution in [0.3, 0.4) is 0 Å². The van der Waals surface area contributed by atoms with Gasteiger partial charge in [-0.2, -0.15) is 0 Å². The molecule has 0 unspecified atom stereocenters. The maximum absolute atomic E-state index is 11.1. The van der Waals surface area contributed by atoms with E-state index in [0.717, 1.165) is 0 Å². The number of alkyl carbamates (subject to hydrolysis) is 1. The molecular formula is C10H15NO6. The topological polar surface area (TPSA) is 102 Å². The van der Waals surface area contributed by atoms with Crippen LogP contribution in [0, 0.1) is 0 Å². The Morgan fingerprint density at radius 3 is 2.59 bits per heavy atom. The monoisotopic (exact) mass is 245 g/mol. The first-order valence-electron chi connectivity index (χ1n) is 4.85. The summed E-state index contributed by atoms with van der Waals surface area (Å²) < 4.78 is 8.92. The van der Waals surface area contributed by atoms with Crippen LogP contribution < -0.4 is 5.32 Å². The maximum Gasteiger partial charge on any atom is 0.408 e. The standard InChI is InChI=1S/C10H15NO6/c1-3-6-17-10(15)11-7(9(13)14)4-5-8(12)16-2/h3,7H,1,4-6H2,2H3,(H,11,15)(H,13,14)/t7-/m1/s1. The molecule has 0 rings (SSSR count). The molecule has 2 N–H and O–H groups in total. The van der Waals surface area contributed by atoms with Gasteiger partial charge in [-0.25, -0.2) is 9.59 Å². The van der Waals surface area contributed by atoms with Crippen molar-refractivity contribution in [3.8, 4) is 0 Å². The van der Waals surface area contributed by atoms with Crippen LogP contribution in [0.2, 0.25) is 0 Å². The predicted molar refractivity (Wildman–Crippen MR) is 57.4 cm³/mol. The van der Waals surface area contributed by atoms with E-state index in [2.05, 4.69) is 21.4 Å². The van der Waals surface area contributed by atoms with E-state index in [9.17, 15) is 14.4 Å². The fraction of sp³-hybridized carbons (Fsp3) is 0.500. The van der Waals surface area contributed by atoms with Crippen molar-refractivity contribution in [2.24, 2.45) is 0 Å². The summed E-state index contributed by atoms with van der Waals surface area (Å²) in [7, 11) is 1.20. The van der Waals surface area contributed by atoms with E-state index in [-0.39, 0.29) is 19.4 Å². The van der Waals surface area contributed by atoms with Gasteiger partial charge in [0.05, 0.1) is 7.11 Å². The third-order valence-electron chi connectivity index (χ3n) is 1.79. The summed E-state index contributed by atoms with van der Waals surface area (Å²) in [6.45, 7) is 3.32. The van der Waals surface area contributed by atoms with Gasteiger partial charge in [-0.05, 0) is 6.42 Å².